The molecule has 1 heterocycles. The van der Waals surface area contributed by atoms with Gasteiger partial charge in [-0.1, -0.05) is 13.8 Å². The third kappa shape index (κ3) is 4.79. The van der Waals surface area contributed by atoms with Crippen LogP contribution in [-0.2, 0) is 4.79 Å². The smallest absolute Gasteiger partial charge is 0.234 e. The lowest BCUT2D eigenvalue weighted by Crippen LogP contribution is -2.30. The first-order valence-electron chi connectivity index (χ1n) is 4.24. The van der Waals surface area contributed by atoms with E-state index in [9.17, 15) is 4.79 Å². The summed E-state index contributed by atoms with van der Waals surface area (Å²) in [6.07, 6.45) is 1.07. The van der Waals surface area contributed by atoms with Crippen molar-refractivity contribution < 1.29 is 6.22 Å². The number of carbonyl (C=O) groups is 1. The Morgan fingerprint density at radius 2 is 2.18 bits per heavy atom. The molecule has 0 aromatic heterocycles. The average molecular weight is 160 g/mol. The molecule has 1 aliphatic heterocycles. The van der Waals surface area contributed by atoms with Crippen molar-refractivity contribution in [3.05, 3.63) is 0 Å². The minimum absolute atomic E-state index is 0. The molecule has 1 fully saturated rings. The van der Waals surface area contributed by atoms with E-state index in [1.54, 1.807) is 0 Å². The van der Waals surface area contributed by atoms with E-state index in [1.807, 2.05) is 25.8 Å². The lowest BCUT2D eigenvalue weighted by atomic mass is 10.4. The Morgan fingerprint density at radius 3 is 2.82 bits per heavy atom. The van der Waals surface area contributed by atoms with Gasteiger partial charge in [0.05, 0.1) is 6.54 Å². The van der Waals surface area contributed by atoms with E-state index in [0.29, 0.717) is 6.54 Å². The number of hydrogen-bond acceptors (Lipinski definition) is 2. The molecule has 0 unspecified atom stereocenters. The zero-order valence-electron chi connectivity index (χ0n) is 7.68. The molecule has 0 atom stereocenters. The van der Waals surface area contributed by atoms with Gasteiger partial charge in [-0.05, 0) is 13.5 Å². The molecule has 0 radical (unpaired) electrons. The lowest BCUT2D eigenvalue weighted by molar-refractivity contribution is -0.121. The number of likely N-dealkylation sites (N-methyl/N-ethyl adjacent to an activating group) is 1. The second-order valence-electron chi connectivity index (χ2n) is 2.44. The van der Waals surface area contributed by atoms with Gasteiger partial charge in [0.1, 0.15) is 0 Å². The molecule has 0 spiro atoms. The van der Waals surface area contributed by atoms with Gasteiger partial charge in [0, 0.05) is 14.5 Å². The summed E-state index contributed by atoms with van der Waals surface area (Å²) >= 11 is 0. The summed E-state index contributed by atoms with van der Waals surface area (Å²) in [6.45, 7) is 6.42. The number of hydrogen-bond donors (Lipinski definition) is 1. The van der Waals surface area contributed by atoms with Gasteiger partial charge >= 0.3 is 0 Å². The van der Waals surface area contributed by atoms with Gasteiger partial charge < -0.3 is 5.32 Å². The van der Waals surface area contributed by atoms with Crippen LogP contribution in [0.25, 0.3) is 0 Å². The van der Waals surface area contributed by atoms with Gasteiger partial charge in [-0.3, -0.25) is 9.69 Å². The quantitative estimate of drug-likeness (QED) is 0.566. The molecule has 0 aromatic carbocycles. The van der Waals surface area contributed by atoms with Crippen LogP contribution in [0.4, 0.5) is 0 Å². The molecule has 0 bridgehead atoms. The molecule has 0 aromatic rings. The molecule has 1 aliphatic rings. The molecule has 1 amide bonds. The maximum atomic E-state index is 10.7. The minimum Gasteiger partial charge on any atom is -0.355 e. The monoisotopic (exact) mass is 160 g/mol. The van der Waals surface area contributed by atoms with Crippen LogP contribution in [0.5, 0.6) is 0 Å². The minimum atomic E-state index is 0. The fourth-order valence-corrected chi connectivity index (χ4v) is 0.957. The third-order valence-corrected chi connectivity index (χ3v) is 1.45. The maximum absolute atomic E-state index is 10.7. The summed E-state index contributed by atoms with van der Waals surface area (Å²) in [5.41, 5.74) is 0. The Kier molecular flexibility index (Phi) is 5.84. The van der Waals surface area contributed by atoms with Crippen molar-refractivity contribution in [3.8, 4) is 0 Å². The highest BCUT2D eigenvalue weighted by Crippen LogP contribution is 1.90. The first kappa shape index (κ1) is 10.4. The van der Waals surface area contributed by atoms with Crippen molar-refractivity contribution >= 4 is 5.91 Å². The van der Waals surface area contributed by atoms with E-state index in [1.165, 1.54) is 0 Å². The predicted octanol–water partition coefficient (Wildman–Crippen LogP) is 0.710. The van der Waals surface area contributed by atoms with Crippen molar-refractivity contribution in [2.75, 3.05) is 26.7 Å². The molecule has 3 heteroatoms. The standard InChI is InChI=1S/C6H12N2O.C2H6.H2/c1-8-4-2-3-7-6(9)5-8;1-2;/h2-5H2,1H3,(H,7,9);1-2H3;1H. The van der Waals surface area contributed by atoms with E-state index in [-0.39, 0.29) is 7.33 Å². The van der Waals surface area contributed by atoms with Gasteiger partial charge in [0.25, 0.3) is 0 Å². The summed E-state index contributed by atoms with van der Waals surface area (Å²) < 4.78 is 0. The Bertz CT molecular complexity index is 120. The molecular weight excluding hydrogens is 140 g/mol. The number of nitrogens with one attached hydrogen (secondary N) is 1. The van der Waals surface area contributed by atoms with E-state index < -0.39 is 0 Å². The van der Waals surface area contributed by atoms with Gasteiger partial charge in [-0.15, -0.1) is 0 Å². The number of rotatable bonds is 0. The van der Waals surface area contributed by atoms with E-state index >= 15 is 0 Å². The fraction of sp³-hybridized carbons (Fsp3) is 0.875. The molecule has 3 nitrogen and oxygen atoms in total. The molecule has 1 saturated heterocycles. The highest BCUT2D eigenvalue weighted by atomic mass is 16.2. The first-order valence-corrected chi connectivity index (χ1v) is 4.24. The highest BCUT2D eigenvalue weighted by Gasteiger charge is 2.08. The second kappa shape index (κ2) is 6.16. The molecule has 11 heavy (non-hydrogen) atoms. The maximum Gasteiger partial charge on any atom is 0.234 e. The van der Waals surface area contributed by atoms with Crippen molar-refractivity contribution in [2.24, 2.45) is 0 Å². The topological polar surface area (TPSA) is 32.3 Å². The van der Waals surface area contributed by atoms with Crippen molar-refractivity contribution in [3.63, 3.8) is 0 Å². The molecule has 68 valence electrons. The Hall–Kier alpha value is -0.570. The molecule has 1 N–H and O–H groups in total. The van der Waals surface area contributed by atoms with Gasteiger partial charge in [-0.2, -0.15) is 0 Å². The van der Waals surface area contributed by atoms with Crippen LogP contribution in [0.1, 0.15) is 21.7 Å². The van der Waals surface area contributed by atoms with Crippen molar-refractivity contribution in [1.29, 1.82) is 0 Å². The predicted molar refractivity (Wildman–Crippen MR) is 48.6 cm³/mol. The molecule has 0 aliphatic carbocycles. The van der Waals surface area contributed by atoms with Crippen LogP contribution < -0.4 is 5.32 Å². The summed E-state index contributed by atoms with van der Waals surface area (Å²) in [4.78, 5) is 12.8. The van der Waals surface area contributed by atoms with Crippen LogP contribution in [-0.4, -0.2) is 37.5 Å². The Balaban J connectivity index is 0. The van der Waals surface area contributed by atoms with Gasteiger partial charge in [0.15, 0.2) is 0 Å². The zero-order chi connectivity index (χ0) is 8.69. The molecule has 0 saturated carbocycles. The largest absolute Gasteiger partial charge is 0.355 e. The Labute approximate surface area is 70.2 Å². The average Bonchev–Trinajstić information content (AvgIpc) is 2.18. The summed E-state index contributed by atoms with van der Waals surface area (Å²) in [6, 6.07) is 0. The number of nitrogens with zero attached hydrogens (tertiary/aromatic N) is 1. The van der Waals surface area contributed by atoms with E-state index in [2.05, 4.69) is 5.32 Å². The molecule has 1 rings (SSSR count). The normalized spacial score (nSPS) is 19.4. The van der Waals surface area contributed by atoms with E-state index in [4.69, 9.17) is 0 Å². The zero-order valence-corrected chi connectivity index (χ0v) is 7.68. The fourth-order valence-electron chi connectivity index (χ4n) is 0.957. The highest BCUT2D eigenvalue weighted by molar-refractivity contribution is 5.78. The van der Waals surface area contributed by atoms with Crippen LogP contribution in [0, 0.1) is 0 Å². The van der Waals surface area contributed by atoms with E-state index in [0.717, 1.165) is 19.5 Å². The summed E-state index contributed by atoms with van der Waals surface area (Å²) in [5.74, 6) is 0.148. The SMILES string of the molecule is CC.CN1CCCNC(=O)C1.[HH]. The van der Waals surface area contributed by atoms with Crippen LogP contribution in [0.3, 0.4) is 0 Å². The van der Waals surface area contributed by atoms with Crippen molar-refractivity contribution in [2.45, 2.75) is 20.3 Å². The first-order chi connectivity index (χ1) is 5.29. The van der Waals surface area contributed by atoms with Gasteiger partial charge in [0.2, 0.25) is 5.91 Å². The lowest BCUT2D eigenvalue weighted by Gasteiger charge is -2.08. The number of amides is 1. The Morgan fingerprint density at radius 1 is 1.55 bits per heavy atom. The van der Waals surface area contributed by atoms with Crippen LogP contribution in [0.2, 0.25) is 0 Å². The van der Waals surface area contributed by atoms with Crippen molar-refractivity contribution in [1.82, 2.24) is 10.2 Å². The second-order valence-corrected chi connectivity index (χ2v) is 2.44. The number of carbonyl (C=O) groups excluding carboxylic acids is 1. The molecular formula is C8H20N2O. The van der Waals surface area contributed by atoms with Crippen LogP contribution >= 0.6 is 0 Å². The van der Waals surface area contributed by atoms with Gasteiger partial charge in [-0.25, -0.2) is 0 Å². The van der Waals surface area contributed by atoms with Crippen LogP contribution in [0.15, 0.2) is 0 Å². The summed E-state index contributed by atoms with van der Waals surface area (Å²) in [7, 11) is 1.96. The summed E-state index contributed by atoms with van der Waals surface area (Å²) in [5, 5.41) is 2.79. The third-order valence-electron chi connectivity index (χ3n) is 1.45.